The zero-order valence-electron chi connectivity index (χ0n) is 16.6. The summed E-state index contributed by atoms with van der Waals surface area (Å²) in [5, 5.41) is 0. The van der Waals surface area contributed by atoms with Crippen molar-refractivity contribution in [1.29, 1.82) is 0 Å². The summed E-state index contributed by atoms with van der Waals surface area (Å²) >= 11 is 6.61. The van der Waals surface area contributed by atoms with Crippen molar-refractivity contribution in [3.63, 3.8) is 0 Å². The normalized spacial score (nSPS) is 15.1. The highest BCUT2D eigenvalue weighted by Gasteiger charge is 2.31. The van der Waals surface area contributed by atoms with E-state index in [1.165, 1.54) is 18.9 Å². The van der Waals surface area contributed by atoms with Crippen molar-refractivity contribution < 1.29 is 23.9 Å². The van der Waals surface area contributed by atoms with Crippen molar-refractivity contribution in [2.75, 3.05) is 20.3 Å². The molecule has 0 N–H and O–H groups in total. The Hall–Kier alpha value is -2.19. The number of esters is 2. The molecule has 156 valence electrons. The van der Waals surface area contributed by atoms with Crippen molar-refractivity contribution in [2.24, 2.45) is 0 Å². The molecule has 0 radical (unpaired) electrons. The van der Waals surface area contributed by atoms with Gasteiger partial charge in [-0.05, 0) is 43.0 Å². The highest BCUT2D eigenvalue weighted by molar-refractivity contribution is 8.26. The molecule has 6 nitrogen and oxygen atoms in total. The first-order valence-corrected chi connectivity index (χ1v) is 10.8. The number of thioether (sulfide) groups is 1. The van der Waals surface area contributed by atoms with Gasteiger partial charge in [0.2, 0.25) is 0 Å². The molecular weight excluding hydrogens is 410 g/mol. The fourth-order valence-corrected chi connectivity index (χ4v) is 3.99. The molecule has 0 unspecified atom stereocenters. The number of rotatable bonds is 10. The number of methoxy groups -OCH3 is 1. The number of hydrogen-bond acceptors (Lipinski definition) is 7. The molecule has 1 aromatic carbocycles. The number of unbranched alkanes of at least 4 members (excludes halogenated alkanes) is 2. The van der Waals surface area contributed by atoms with E-state index in [2.05, 4.69) is 4.74 Å². The first-order valence-electron chi connectivity index (χ1n) is 9.55. The number of nitrogens with zero attached hydrogens (tertiary/aromatic N) is 1. The van der Waals surface area contributed by atoms with E-state index in [1.807, 2.05) is 6.92 Å². The van der Waals surface area contributed by atoms with Crippen molar-refractivity contribution in [1.82, 2.24) is 4.90 Å². The second-order valence-corrected chi connectivity index (χ2v) is 8.15. The van der Waals surface area contributed by atoms with Gasteiger partial charge >= 0.3 is 11.9 Å². The van der Waals surface area contributed by atoms with Crippen LogP contribution < -0.4 is 0 Å². The zero-order valence-corrected chi connectivity index (χ0v) is 18.3. The average Bonchev–Trinajstić information content (AvgIpc) is 2.99. The van der Waals surface area contributed by atoms with Gasteiger partial charge in [-0.15, -0.1) is 0 Å². The van der Waals surface area contributed by atoms with E-state index in [9.17, 15) is 14.4 Å². The van der Waals surface area contributed by atoms with E-state index in [4.69, 9.17) is 17.0 Å². The summed E-state index contributed by atoms with van der Waals surface area (Å²) in [6, 6.07) is 6.83. The summed E-state index contributed by atoms with van der Waals surface area (Å²) in [6.45, 7) is 2.96. The molecule has 1 aliphatic heterocycles. The van der Waals surface area contributed by atoms with Crippen LogP contribution in [-0.2, 0) is 19.1 Å². The topological polar surface area (TPSA) is 72.9 Å². The van der Waals surface area contributed by atoms with Gasteiger partial charge in [-0.1, -0.05) is 49.5 Å². The molecule has 1 saturated heterocycles. The molecule has 1 amide bonds. The highest BCUT2D eigenvalue weighted by Crippen LogP contribution is 2.32. The first kappa shape index (κ1) is 23.1. The van der Waals surface area contributed by atoms with E-state index >= 15 is 0 Å². The Kier molecular flexibility index (Phi) is 9.34. The Morgan fingerprint density at radius 1 is 1.17 bits per heavy atom. The summed E-state index contributed by atoms with van der Waals surface area (Å²) in [4.78, 5) is 37.8. The van der Waals surface area contributed by atoms with Crippen LogP contribution in [0.2, 0.25) is 0 Å². The van der Waals surface area contributed by atoms with Crippen LogP contribution in [0.3, 0.4) is 0 Å². The largest absolute Gasteiger partial charge is 0.466 e. The molecule has 0 saturated carbocycles. The SMILES string of the molecule is CCCOC(=O)CCCCCN1C(=O)C(=Cc2ccc(C(=O)OC)cc2)SC1=S. The van der Waals surface area contributed by atoms with Gasteiger partial charge in [0.25, 0.3) is 5.91 Å². The molecule has 8 heteroatoms. The minimum Gasteiger partial charge on any atom is -0.466 e. The summed E-state index contributed by atoms with van der Waals surface area (Å²) in [7, 11) is 1.33. The third kappa shape index (κ3) is 6.97. The first-order chi connectivity index (χ1) is 14.0. The number of thiocarbonyl (C=S) groups is 1. The maximum Gasteiger partial charge on any atom is 0.337 e. The van der Waals surface area contributed by atoms with Gasteiger partial charge in [-0.3, -0.25) is 14.5 Å². The van der Waals surface area contributed by atoms with E-state index < -0.39 is 5.97 Å². The number of amides is 1. The number of benzene rings is 1. The van der Waals surface area contributed by atoms with Gasteiger partial charge in [0.1, 0.15) is 4.32 Å². The molecule has 0 aliphatic carbocycles. The molecule has 1 fully saturated rings. The molecule has 2 rings (SSSR count). The predicted octanol–water partition coefficient (Wildman–Crippen LogP) is 4.19. The summed E-state index contributed by atoms with van der Waals surface area (Å²) in [5.41, 5.74) is 1.26. The number of carbonyl (C=O) groups excluding carboxylic acids is 3. The quantitative estimate of drug-likeness (QED) is 0.236. The molecule has 29 heavy (non-hydrogen) atoms. The monoisotopic (exact) mass is 435 g/mol. The molecule has 0 aromatic heterocycles. The molecule has 0 atom stereocenters. The Bertz CT molecular complexity index is 789. The summed E-state index contributed by atoms with van der Waals surface area (Å²) in [5.74, 6) is -0.681. The van der Waals surface area contributed by atoms with Gasteiger partial charge in [0, 0.05) is 13.0 Å². The van der Waals surface area contributed by atoms with Crippen LogP contribution in [0.1, 0.15) is 54.9 Å². The van der Waals surface area contributed by atoms with Crippen LogP contribution in [0.15, 0.2) is 29.2 Å². The number of carbonyl (C=O) groups is 3. The van der Waals surface area contributed by atoms with E-state index in [0.29, 0.717) is 34.4 Å². The Morgan fingerprint density at radius 3 is 2.55 bits per heavy atom. The zero-order chi connectivity index (χ0) is 21.2. The lowest BCUT2D eigenvalue weighted by molar-refractivity contribution is -0.143. The molecule has 1 aliphatic rings. The standard InChI is InChI=1S/C21H25NO5S2/c1-3-13-27-18(23)7-5-4-6-12-22-19(24)17(29-21(22)28)14-15-8-10-16(11-9-15)20(25)26-2/h8-11,14H,3-7,12-13H2,1-2H3. The van der Waals surface area contributed by atoms with Gasteiger partial charge < -0.3 is 9.47 Å². The third-order valence-corrected chi connectivity index (χ3v) is 5.61. The van der Waals surface area contributed by atoms with Crippen molar-refractivity contribution in [2.45, 2.75) is 39.0 Å². The minimum absolute atomic E-state index is 0.112. The second-order valence-electron chi connectivity index (χ2n) is 6.48. The van der Waals surface area contributed by atoms with Crippen LogP contribution in [-0.4, -0.2) is 47.3 Å². The summed E-state index contributed by atoms with van der Waals surface area (Å²) < 4.78 is 10.3. The molecule has 0 spiro atoms. The molecular formula is C21H25NO5S2. The average molecular weight is 436 g/mol. The van der Waals surface area contributed by atoms with Crippen LogP contribution in [0.25, 0.3) is 6.08 Å². The Morgan fingerprint density at radius 2 is 1.90 bits per heavy atom. The van der Waals surface area contributed by atoms with Crippen LogP contribution in [0, 0.1) is 0 Å². The number of hydrogen-bond donors (Lipinski definition) is 0. The second kappa shape index (κ2) is 11.7. The Balaban J connectivity index is 1.83. The lowest BCUT2D eigenvalue weighted by atomic mass is 10.1. The lowest BCUT2D eigenvalue weighted by Crippen LogP contribution is -2.29. The van der Waals surface area contributed by atoms with Crippen LogP contribution >= 0.6 is 24.0 Å². The van der Waals surface area contributed by atoms with Crippen molar-refractivity contribution in [3.05, 3.63) is 40.3 Å². The number of ether oxygens (including phenoxy) is 2. The van der Waals surface area contributed by atoms with Crippen LogP contribution in [0.5, 0.6) is 0 Å². The van der Waals surface area contributed by atoms with Crippen molar-refractivity contribution >= 4 is 52.2 Å². The lowest BCUT2D eigenvalue weighted by Gasteiger charge is -2.14. The van der Waals surface area contributed by atoms with E-state index in [1.54, 1.807) is 35.2 Å². The fraction of sp³-hybridized carbons (Fsp3) is 0.429. The van der Waals surface area contributed by atoms with E-state index in [0.717, 1.165) is 31.2 Å². The van der Waals surface area contributed by atoms with E-state index in [-0.39, 0.29) is 11.9 Å². The highest BCUT2D eigenvalue weighted by atomic mass is 32.2. The molecule has 1 aromatic rings. The minimum atomic E-state index is -0.401. The van der Waals surface area contributed by atoms with Gasteiger partial charge in [-0.25, -0.2) is 4.79 Å². The molecule has 1 heterocycles. The van der Waals surface area contributed by atoms with Gasteiger partial charge in [0.05, 0.1) is 24.2 Å². The maximum absolute atomic E-state index is 12.6. The Labute approximate surface area is 180 Å². The maximum atomic E-state index is 12.6. The van der Waals surface area contributed by atoms with Gasteiger partial charge in [0.15, 0.2) is 0 Å². The van der Waals surface area contributed by atoms with Gasteiger partial charge in [-0.2, -0.15) is 0 Å². The fourth-order valence-electron chi connectivity index (χ4n) is 2.68. The molecule has 0 bridgehead atoms. The smallest absolute Gasteiger partial charge is 0.337 e. The third-order valence-electron chi connectivity index (χ3n) is 4.23. The van der Waals surface area contributed by atoms with Crippen molar-refractivity contribution in [3.8, 4) is 0 Å². The predicted molar refractivity (Wildman–Crippen MR) is 117 cm³/mol. The van der Waals surface area contributed by atoms with Crippen LogP contribution in [0.4, 0.5) is 0 Å². The summed E-state index contributed by atoms with van der Waals surface area (Å²) in [6.07, 6.45) is 5.33.